The number of nitrogens with zero attached hydrogens (tertiary/aromatic N) is 1. The van der Waals surface area contributed by atoms with Gasteiger partial charge in [-0.2, -0.15) is 0 Å². The van der Waals surface area contributed by atoms with E-state index in [0.29, 0.717) is 17.6 Å². The van der Waals surface area contributed by atoms with Gasteiger partial charge in [-0.25, -0.2) is 0 Å². The maximum Gasteiger partial charge on any atom is 0.249 e. The van der Waals surface area contributed by atoms with E-state index >= 15 is 0 Å². The smallest absolute Gasteiger partial charge is 0.249 e. The zero-order chi connectivity index (χ0) is 20.0. The van der Waals surface area contributed by atoms with Crippen LogP contribution in [-0.4, -0.2) is 60.1 Å². The molecule has 1 aliphatic heterocycles. The van der Waals surface area contributed by atoms with Gasteiger partial charge in [0.15, 0.2) is 6.29 Å². The predicted octanol–water partition coefficient (Wildman–Crippen LogP) is 0.170. The second-order valence-corrected chi connectivity index (χ2v) is 6.21. The van der Waals surface area contributed by atoms with Crippen LogP contribution in [0.25, 0.3) is 0 Å². The summed E-state index contributed by atoms with van der Waals surface area (Å²) in [4.78, 5) is 36.0. The molecule has 0 saturated carbocycles. The summed E-state index contributed by atoms with van der Waals surface area (Å²) in [6, 6.07) is 2.81. The minimum Gasteiger partial charge on any atom is -0.491 e. The van der Waals surface area contributed by atoms with Crippen molar-refractivity contribution < 1.29 is 28.7 Å². The quantitative estimate of drug-likeness (QED) is 0.417. The number of hydrogen-bond acceptors (Lipinski definition) is 6. The molecule has 0 saturated heterocycles. The molecule has 0 radical (unpaired) electrons. The molecular weight excluding hydrogens is 357 g/mol. The van der Waals surface area contributed by atoms with Gasteiger partial charge < -0.3 is 20.1 Å². The third-order valence-corrected chi connectivity index (χ3v) is 4.15. The molecule has 1 aromatic carbocycles. The third-order valence-electron chi connectivity index (χ3n) is 4.15. The van der Waals surface area contributed by atoms with E-state index < -0.39 is 30.6 Å². The summed E-state index contributed by atoms with van der Waals surface area (Å²) in [7, 11) is 0. The van der Waals surface area contributed by atoms with Crippen LogP contribution in [0.3, 0.4) is 0 Å². The van der Waals surface area contributed by atoms with Crippen LogP contribution in [-0.2, 0) is 9.59 Å². The first-order valence-corrected chi connectivity index (χ1v) is 8.35. The van der Waals surface area contributed by atoms with E-state index in [4.69, 9.17) is 4.74 Å². The second-order valence-electron chi connectivity index (χ2n) is 6.21. The minimum absolute atomic E-state index is 0.0633. The highest BCUT2D eigenvalue weighted by molar-refractivity contribution is 5.90. The Morgan fingerprint density at radius 3 is 2.78 bits per heavy atom. The van der Waals surface area contributed by atoms with E-state index in [1.165, 1.54) is 17.7 Å². The number of carbonyl (C=O) groups excluding carboxylic acids is 3. The van der Waals surface area contributed by atoms with E-state index in [-0.39, 0.29) is 13.2 Å². The number of benzene rings is 1. The molecule has 0 aliphatic carbocycles. The predicted molar refractivity (Wildman–Crippen MR) is 94.7 cm³/mol. The molecule has 1 heterocycles. The maximum atomic E-state index is 12.0. The van der Waals surface area contributed by atoms with Gasteiger partial charge in [0.25, 0.3) is 0 Å². The van der Waals surface area contributed by atoms with Crippen molar-refractivity contribution in [1.29, 1.82) is 0 Å². The average molecular weight is 379 g/mol. The van der Waals surface area contributed by atoms with Gasteiger partial charge in [0, 0.05) is 12.6 Å². The molecule has 2 unspecified atom stereocenters. The second kappa shape index (κ2) is 9.24. The summed E-state index contributed by atoms with van der Waals surface area (Å²) in [5.74, 6) is -0.708. The zero-order valence-electron chi connectivity index (χ0n) is 15.1. The van der Waals surface area contributed by atoms with Gasteiger partial charge >= 0.3 is 0 Å². The van der Waals surface area contributed by atoms with Crippen LogP contribution >= 0.6 is 0 Å². The molecule has 0 aromatic heterocycles. The van der Waals surface area contributed by atoms with E-state index in [1.54, 1.807) is 13.0 Å². The number of aliphatic hydroxyl groups is 1. The van der Waals surface area contributed by atoms with E-state index in [2.05, 4.69) is 5.32 Å². The normalized spacial score (nSPS) is 17.1. The fourth-order valence-corrected chi connectivity index (χ4v) is 2.86. The molecule has 8 nitrogen and oxygen atoms in total. The van der Waals surface area contributed by atoms with Crippen LogP contribution in [0.1, 0.15) is 21.5 Å². The largest absolute Gasteiger partial charge is 0.491 e. The first-order chi connectivity index (χ1) is 12.9. The van der Waals surface area contributed by atoms with Crippen molar-refractivity contribution in [1.82, 2.24) is 15.8 Å². The number of hydrogen-bond donors (Lipinski definition) is 3. The van der Waals surface area contributed by atoms with Crippen LogP contribution in [0.4, 0.5) is 4.48 Å². The molecule has 9 heteroatoms. The van der Waals surface area contributed by atoms with E-state index in [1.807, 2.05) is 13.0 Å². The molecule has 146 valence electrons. The lowest BCUT2D eigenvalue weighted by Gasteiger charge is -2.31. The van der Waals surface area contributed by atoms with Crippen LogP contribution in [0.2, 0.25) is 0 Å². The number of amides is 2. The van der Waals surface area contributed by atoms with Gasteiger partial charge in [-0.15, -0.1) is 10.0 Å². The Morgan fingerprint density at radius 1 is 1.44 bits per heavy atom. The SMILES string of the molecule is Cc1cc(C)c(C=O)c(OCC(CNC(=O)CNF)N2C(=O)C=CC2O)c1. The Balaban J connectivity index is 2.16. The van der Waals surface area contributed by atoms with Crippen LogP contribution < -0.4 is 15.6 Å². The number of ether oxygens (including phenoxy) is 1. The lowest BCUT2D eigenvalue weighted by Crippen LogP contribution is -2.52. The lowest BCUT2D eigenvalue weighted by atomic mass is 10.1. The van der Waals surface area contributed by atoms with Crippen molar-refractivity contribution in [2.45, 2.75) is 26.1 Å². The van der Waals surface area contributed by atoms with Crippen molar-refractivity contribution >= 4 is 18.1 Å². The van der Waals surface area contributed by atoms with Gasteiger partial charge in [0.05, 0.1) is 11.6 Å². The van der Waals surface area contributed by atoms with E-state index in [0.717, 1.165) is 16.0 Å². The topological polar surface area (TPSA) is 108 Å². The molecule has 1 aliphatic rings. The van der Waals surface area contributed by atoms with E-state index in [9.17, 15) is 24.0 Å². The summed E-state index contributed by atoms with van der Waals surface area (Å²) in [6.07, 6.45) is 2.06. The number of nitrogens with one attached hydrogen (secondary N) is 2. The standard InChI is InChI=1S/C18H22FN3O5/c1-11-5-12(2)14(9-23)15(6-11)27-10-13(7-20-16(24)8-21-19)22-17(25)3-4-18(22)26/h3-6,9,13,17,21,25H,7-8,10H2,1-2H3,(H,20,24). The van der Waals surface area contributed by atoms with Gasteiger partial charge in [-0.05, 0) is 37.1 Å². The van der Waals surface area contributed by atoms with Gasteiger partial charge in [-0.1, -0.05) is 6.07 Å². The van der Waals surface area contributed by atoms with Crippen molar-refractivity contribution in [3.8, 4) is 5.75 Å². The molecule has 0 fully saturated rings. The van der Waals surface area contributed by atoms with Crippen LogP contribution in [0.5, 0.6) is 5.75 Å². The Kier molecular flexibility index (Phi) is 7.03. The van der Waals surface area contributed by atoms with Gasteiger partial charge in [-0.3, -0.25) is 14.4 Å². The number of rotatable bonds is 9. The zero-order valence-corrected chi connectivity index (χ0v) is 15.1. The third kappa shape index (κ3) is 5.11. The Bertz CT molecular complexity index is 753. The summed E-state index contributed by atoms with van der Waals surface area (Å²) in [5, 5.41) is 12.5. The number of halogens is 1. The molecule has 2 amide bonds. The maximum absolute atomic E-state index is 12.0. The van der Waals surface area contributed by atoms with Gasteiger partial charge in [0.1, 0.15) is 25.1 Å². The number of carbonyl (C=O) groups is 3. The molecule has 0 spiro atoms. The summed E-state index contributed by atoms with van der Waals surface area (Å²) >= 11 is 0. The fourth-order valence-electron chi connectivity index (χ4n) is 2.86. The molecule has 2 rings (SSSR count). The summed E-state index contributed by atoms with van der Waals surface area (Å²) in [6.45, 7) is 2.95. The van der Waals surface area contributed by atoms with Crippen molar-refractivity contribution in [2.24, 2.45) is 0 Å². The molecule has 2 atom stereocenters. The summed E-state index contributed by atoms with van der Waals surface area (Å²) in [5.41, 5.74) is 3.27. The first kappa shape index (κ1) is 20.5. The van der Waals surface area contributed by atoms with Crippen LogP contribution in [0, 0.1) is 13.8 Å². The first-order valence-electron chi connectivity index (χ1n) is 8.35. The average Bonchev–Trinajstić information content (AvgIpc) is 2.94. The highest BCUT2D eigenvalue weighted by atomic mass is 19.2. The highest BCUT2D eigenvalue weighted by Gasteiger charge is 2.32. The van der Waals surface area contributed by atoms with Crippen molar-refractivity contribution in [2.75, 3.05) is 19.7 Å². The highest BCUT2D eigenvalue weighted by Crippen LogP contribution is 2.24. The summed E-state index contributed by atoms with van der Waals surface area (Å²) < 4.78 is 17.8. The number of aliphatic hydroxyl groups excluding tert-OH is 1. The van der Waals surface area contributed by atoms with Crippen molar-refractivity contribution in [3.63, 3.8) is 0 Å². The Labute approximate surface area is 155 Å². The molecule has 27 heavy (non-hydrogen) atoms. The monoisotopic (exact) mass is 379 g/mol. The molecular formula is C18H22FN3O5. The minimum atomic E-state index is -1.16. The van der Waals surface area contributed by atoms with Gasteiger partial charge in [0.2, 0.25) is 11.8 Å². The number of aldehydes is 1. The van der Waals surface area contributed by atoms with Crippen molar-refractivity contribution in [3.05, 3.63) is 41.0 Å². The number of aryl methyl sites for hydroxylation is 2. The molecule has 3 N–H and O–H groups in total. The van der Waals surface area contributed by atoms with Crippen LogP contribution in [0.15, 0.2) is 24.3 Å². The Morgan fingerprint density at radius 2 is 2.19 bits per heavy atom. The molecule has 1 aromatic rings. The fraction of sp³-hybridized carbons (Fsp3) is 0.389. The lowest BCUT2D eigenvalue weighted by molar-refractivity contribution is -0.136. The Hall–Kier alpha value is -2.78. The molecule has 0 bridgehead atoms.